The lowest BCUT2D eigenvalue weighted by molar-refractivity contribution is -0.0159. The van der Waals surface area contributed by atoms with Crippen LogP contribution in [0.2, 0.25) is 0 Å². The highest BCUT2D eigenvalue weighted by atomic mass is 16.7. The molecule has 0 saturated carbocycles. The molecule has 0 spiro atoms. The first-order chi connectivity index (χ1) is 9.59. The van der Waals surface area contributed by atoms with Gasteiger partial charge in [0.1, 0.15) is 0 Å². The lowest BCUT2D eigenvalue weighted by Crippen LogP contribution is -2.44. The number of benzene rings is 1. The first-order valence-corrected chi connectivity index (χ1v) is 7.84. The first-order valence-electron chi connectivity index (χ1n) is 7.84. The Morgan fingerprint density at radius 1 is 1.10 bits per heavy atom. The summed E-state index contributed by atoms with van der Waals surface area (Å²) in [7, 11) is -0.300. The molecule has 0 bridgehead atoms. The van der Waals surface area contributed by atoms with E-state index in [0.29, 0.717) is 0 Å². The molecule has 1 saturated heterocycles. The molecule has 1 heterocycles. The molecule has 1 aliphatic rings. The van der Waals surface area contributed by atoms with Crippen molar-refractivity contribution in [3.05, 3.63) is 29.8 Å². The number of rotatable bonds is 4. The predicted molar refractivity (Wildman–Crippen MR) is 88.6 cm³/mol. The largest absolute Gasteiger partial charge is 0.494 e. The molecule has 4 heteroatoms. The van der Waals surface area contributed by atoms with E-state index in [1.54, 1.807) is 0 Å². The molecular weight excluding hydrogens is 261 g/mol. The molecule has 116 valence electrons. The maximum absolute atomic E-state index is 6.26. The standard InChI is InChI=1S/C17H28BNO2/c1-7-12-17(6)16(4,5)20-18(21-17)14-10-8-13(9-11-14)15(2,3)19/h8-11H,7,12,19H2,1-6H3. The third kappa shape index (κ3) is 3.18. The molecule has 0 aliphatic carbocycles. The Morgan fingerprint density at radius 3 is 2.14 bits per heavy atom. The van der Waals surface area contributed by atoms with Crippen LogP contribution in [0.15, 0.2) is 24.3 Å². The molecule has 3 nitrogen and oxygen atoms in total. The van der Waals surface area contributed by atoms with Crippen molar-refractivity contribution < 1.29 is 9.31 Å². The van der Waals surface area contributed by atoms with Gasteiger partial charge in [-0.25, -0.2) is 0 Å². The Balaban J connectivity index is 2.21. The van der Waals surface area contributed by atoms with Crippen molar-refractivity contribution >= 4 is 12.6 Å². The molecule has 2 rings (SSSR count). The average molecular weight is 289 g/mol. The van der Waals surface area contributed by atoms with Crippen molar-refractivity contribution in [2.45, 2.75) is 71.1 Å². The number of nitrogens with two attached hydrogens (primary N) is 1. The van der Waals surface area contributed by atoms with E-state index in [4.69, 9.17) is 15.0 Å². The topological polar surface area (TPSA) is 44.5 Å². The molecule has 2 N–H and O–H groups in total. The second-order valence-electron chi connectivity index (χ2n) is 7.40. The maximum Gasteiger partial charge on any atom is 0.494 e. The molecule has 0 amide bonds. The Labute approximate surface area is 129 Å². The highest BCUT2D eigenvalue weighted by molar-refractivity contribution is 6.62. The fourth-order valence-corrected chi connectivity index (χ4v) is 2.84. The minimum absolute atomic E-state index is 0.252. The van der Waals surface area contributed by atoms with E-state index in [9.17, 15) is 0 Å². The van der Waals surface area contributed by atoms with Gasteiger partial charge in [-0.2, -0.15) is 0 Å². The lowest BCUT2D eigenvalue weighted by atomic mass is 9.78. The van der Waals surface area contributed by atoms with Crippen molar-refractivity contribution in [2.75, 3.05) is 0 Å². The van der Waals surface area contributed by atoms with Crippen LogP contribution in [-0.4, -0.2) is 18.3 Å². The lowest BCUT2D eigenvalue weighted by Gasteiger charge is -2.36. The molecule has 0 aromatic heterocycles. The Hall–Kier alpha value is -0.835. The second-order valence-corrected chi connectivity index (χ2v) is 7.40. The van der Waals surface area contributed by atoms with E-state index >= 15 is 0 Å². The van der Waals surface area contributed by atoms with Crippen molar-refractivity contribution in [3.8, 4) is 0 Å². The molecule has 1 aromatic rings. The normalized spacial score (nSPS) is 25.4. The second kappa shape index (κ2) is 5.42. The summed E-state index contributed by atoms with van der Waals surface area (Å²) in [5.74, 6) is 0. The van der Waals surface area contributed by atoms with Gasteiger partial charge in [-0.05, 0) is 52.1 Å². The zero-order valence-electron chi connectivity index (χ0n) is 14.2. The summed E-state index contributed by atoms with van der Waals surface area (Å²) in [4.78, 5) is 0. The van der Waals surface area contributed by atoms with Gasteiger partial charge < -0.3 is 15.0 Å². The first kappa shape index (κ1) is 16.5. The Kier molecular flexibility index (Phi) is 4.27. The summed E-state index contributed by atoms with van der Waals surface area (Å²) in [6.45, 7) is 12.6. The molecule has 1 unspecified atom stereocenters. The van der Waals surface area contributed by atoms with Crippen molar-refractivity contribution in [1.82, 2.24) is 0 Å². The fraction of sp³-hybridized carbons (Fsp3) is 0.647. The smallest absolute Gasteiger partial charge is 0.399 e. The van der Waals surface area contributed by atoms with Crippen LogP contribution < -0.4 is 11.2 Å². The fourth-order valence-electron chi connectivity index (χ4n) is 2.84. The van der Waals surface area contributed by atoms with Gasteiger partial charge in [0.25, 0.3) is 0 Å². The molecule has 1 aliphatic heterocycles. The van der Waals surface area contributed by atoms with Gasteiger partial charge in [-0.1, -0.05) is 37.6 Å². The summed E-state index contributed by atoms with van der Waals surface area (Å²) in [6.07, 6.45) is 2.07. The summed E-state index contributed by atoms with van der Waals surface area (Å²) >= 11 is 0. The molecule has 1 fully saturated rings. The van der Waals surface area contributed by atoms with Gasteiger partial charge in [0.2, 0.25) is 0 Å². The molecule has 0 radical (unpaired) electrons. The van der Waals surface area contributed by atoms with Crippen molar-refractivity contribution in [1.29, 1.82) is 0 Å². The quantitative estimate of drug-likeness (QED) is 0.867. The zero-order valence-corrected chi connectivity index (χ0v) is 14.2. The van der Waals surface area contributed by atoms with E-state index < -0.39 is 0 Å². The van der Waals surface area contributed by atoms with Crippen LogP contribution in [0.5, 0.6) is 0 Å². The zero-order chi connectivity index (χ0) is 15.9. The maximum atomic E-state index is 6.26. The van der Waals surface area contributed by atoms with E-state index in [2.05, 4.69) is 52.0 Å². The van der Waals surface area contributed by atoms with Gasteiger partial charge in [0.05, 0.1) is 11.2 Å². The van der Waals surface area contributed by atoms with Crippen LogP contribution in [0, 0.1) is 0 Å². The average Bonchev–Trinajstić information content (AvgIpc) is 2.60. The Morgan fingerprint density at radius 2 is 1.67 bits per heavy atom. The van der Waals surface area contributed by atoms with Crippen LogP contribution in [0.1, 0.15) is 59.9 Å². The monoisotopic (exact) mass is 289 g/mol. The van der Waals surface area contributed by atoms with Gasteiger partial charge in [0, 0.05) is 5.54 Å². The van der Waals surface area contributed by atoms with Crippen molar-refractivity contribution in [3.63, 3.8) is 0 Å². The van der Waals surface area contributed by atoms with Crippen LogP contribution in [0.25, 0.3) is 0 Å². The summed E-state index contributed by atoms with van der Waals surface area (Å²) < 4.78 is 12.4. The summed E-state index contributed by atoms with van der Waals surface area (Å²) in [5.41, 5.74) is 7.41. The van der Waals surface area contributed by atoms with E-state index in [0.717, 1.165) is 23.9 Å². The minimum atomic E-state index is -0.327. The predicted octanol–water partition coefficient (Wildman–Crippen LogP) is 2.96. The van der Waals surface area contributed by atoms with Gasteiger partial charge in [-0.15, -0.1) is 0 Å². The highest BCUT2D eigenvalue weighted by Crippen LogP contribution is 2.40. The third-order valence-corrected chi connectivity index (χ3v) is 4.70. The molecular formula is C17H28BNO2. The van der Waals surface area contributed by atoms with Gasteiger partial charge in [0.15, 0.2) is 0 Å². The highest BCUT2D eigenvalue weighted by Gasteiger charge is 2.53. The summed E-state index contributed by atoms with van der Waals surface area (Å²) in [5, 5.41) is 0. The van der Waals surface area contributed by atoms with E-state index in [-0.39, 0.29) is 23.9 Å². The molecule has 1 atom stereocenters. The number of hydrogen-bond acceptors (Lipinski definition) is 3. The van der Waals surface area contributed by atoms with Crippen LogP contribution in [0.3, 0.4) is 0 Å². The molecule has 1 aromatic carbocycles. The molecule has 21 heavy (non-hydrogen) atoms. The van der Waals surface area contributed by atoms with Gasteiger partial charge >= 0.3 is 7.12 Å². The van der Waals surface area contributed by atoms with E-state index in [1.807, 2.05) is 13.8 Å². The van der Waals surface area contributed by atoms with Gasteiger partial charge in [-0.3, -0.25) is 0 Å². The van der Waals surface area contributed by atoms with E-state index in [1.165, 1.54) is 0 Å². The minimum Gasteiger partial charge on any atom is -0.399 e. The SMILES string of the molecule is CCCC1(C)OB(c2ccc(C(C)(C)N)cc2)OC1(C)C. The van der Waals surface area contributed by atoms with Crippen molar-refractivity contribution in [2.24, 2.45) is 5.73 Å². The van der Waals surface area contributed by atoms with Crippen LogP contribution >= 0.6 is 0 Å². The summed E-state index contributed by atoms with van der Waals surface area (Å²) in [6, 6.07) is 8.24. The number of hydrogen-bond donors (Lipinski definition) is 1. The van der Waals surface area contributed by atoms with Crippen LogP contribution in [-0.2, 0) is 14.8 Å². The Bertz CT molecular complexity index is 493. The third-order valence-electron chi connectivity index (χ3n) is 4.70. The van der Waals surface area contributed by atoms with Crippen LogP contribution in [0.4, 0.5) is 0 Å².